The molecular weight excluding hydrogens is 516 g/mol. The zero-order chi connectivity index (χ0) is 27.3. The van der Waals surface area contributed by atoms with E-state index in [9.17, 15) is 27.2 Å². The molecule has 0 aliphatic rings. The van der Waals surface area contributed by atoms with E-state index in [4.69, 9.17) is 11.6 Å². The molecule has 3 rings (SSSR count). The number of rotatable bonds is 9. The van der Waals surface area contributed by atoms with Gasteiger partial charge in [0.25, 0.3) is 5.91 Å². The molecule has 0 spiro atoms. The minimum atomic E-state index is -4.79. The van der Waals surface area contributed by atoms with Crippen LogP contribution in [0.1, 0.15) is 32.8 Å². The highest BCUT2D eigenvalue weighted by atomic mass is 35.5. The third kappa shape index (κ3) is 7.03. The summed E-state index contributed by atoms with van der Waals surface area (Å²) in [5, 5.41) is 13.7. The fraction of sp³-hybridized carbons (Fsp3) is 0.375. The van der Waals surface area contributed by atoms with E-state index in [1.807, 2.05) is 13.8 Å². The summed E-state index contributed by atoms with van der Waals surface area (Å²) in [5.41, 5.74) is -1.29. The number of carbonyl (C=O) groups excluding carboxylic acids is 2. The molecule has 0 aliphatic heterocycles. The number of nitrogens with one attached hydrogen (secondary N) is 1. The predicted octanol–water partition coefficient (Wildman–Crippen LogP) is 4.74. The van der Waals surface area contributed by atoms with E-state index in [1.165, 1.54) is 31.2 Å². The standard InChI is InChI=1S/C24H25ClF4N6O2/c1-14(2)10-11-30-23(37)15(3)35(16-8-9-19(25)18(12-16)24(27,28)29)21(36)13-34-32-22(31-33-34)17-6-4-5-7-20(17)26/h4-9,12,14-15H,10-11,13H2,1-3H3,(H,30,37)/t15-/m0/s1. The minimum absolute atomic E-state index is 0.0588. The highest BCUT2D eigenvalue weighted by Crippen LogP contribution is 2.37. The van der Waals surface area contributed by atoms with Crippen molar-refractivity contribution in [2.75, 3.05) is 11.4 Å². The zero-order valence-electron chi connectivity index (χ0n) is 20.3. The number of hydrogen-bond acceptors (Lipinski definition) is 5. The van der Waals surface area contributed by atoms with Gasteiger partial charge >= 0.3 is 6.18 Å². The second-order valence-electron chi connectivity index (χ2n) is 8.70. The molecule has 2 amide bonds. The van der Waals surface area contributed by atoms with Crippen LogP contribution in [0.15, 0.2) is 42.5 Å². The maximum absolute atomic E-state index is 14.1. The number of tetrazole rings is 1. The molecule has 2 aromatic carbocycles. The Morgan fingerprint density at radius 2 is 1.84 bits per heavy atom. The van der Waals surface area contributed by atoms with Gasteiger partial charge in [-0.25, -0.2) is 4.39 Å². The van der Waals surface area contributed by atoms with Gasteiger partial charge in [-0.1, -0.05) is 37.6 Å². The van der Waals surface area contributed by atoms with Gasteiger partial charge < -0.3 is 5.32 Å². The molecule has 198 valence electrons. The summed E-state index contributed by atoms with van der Waals surface area (Å²) in [6.45, 7) is 5.09. The number of nitrogens with zero attached hydrogens (tertiary/aromatic N) is 5. The summed E-state index contributed by atoms with van der Waals surface area (Å²) in [6, 6.07) is 7.45. The van der Waals surface area contributed by atoms with E-state index in [0.29, 0.717) is 24.9 Å². The summed E-state index contributed by atoms with van der Waals surface area (Å²) < 4.78 is 54.6. The molecular formula is C24H25ClF4N6O2. The van der Waals surface area contributed by atoms with Gasteiger partial charge in [0.2, 0.25) is 11.7 Å². The Labute approximate surface area is 215 Å². The van der Waals surface area contributed by atoms with E-state index >= 15 is 0 Å². The molecule has 0 saturated carbocycles. The van der Waals surface area contributed by atoms with Crippen LogP contribution in [0.2, 0.25) is 5.02 Å². The van der Waals surface area contributed by atoms with E-state index in [2.05, 4.69) is 20.7 Å². The van der Waals surface area contributed by atoms with E-state index < -0.39 is 47.0 Å². The van der Waals surface area contributed by atoms with Crippen LogP contribution in [-0.2, 0) is 22.3 Å². The van der Waals surface area contributed by atoms with Crippen molar-refractivity contribution in [3.63, 3.8) is 0 Å². The summed E-state index contributed by atoms with van der Waals surface area (Å²) >= 11 is 5.74. The molecule has 8 nitrogen and oxygen atoms in total. The van der Waals surface area contributed by atoms with Crippen molar-refractivity contribution in [3.05, 3.63) is 58.9 Å². The Bertz CT molecular complexity index is 1260. The van der Waals surface area contributed by atoms with E-state index in [0.717, 1.165) is 15.8 Å². The average Bonchev–Trinajstić information content (AvgIpc) is 3.27. The highest BCUT2D eigenvalue weighted by Gasteiger charge is 2.35. The second kappa shape index (κ2) is 11.7. The number of carbonyl (C=O) groups is 2. The normalized spacial score (nSPS) is 12.5. The zero-order valence-corrected chi connectivity index (χ0v) is 21.0. The van der Waals surface area contributed by atoms with Gasteiger partial charge in [-0.15, -0.1) is 10.2 Å². The van der Waals surface area contributed by atoms with Crippen molar-refractivity contribution < 1.29 is 27.2 Å². The van der Waals surface area contributed by atoms with Gasteiger partial charge in [-0.3, -0.25) is 14.5 Å². The molecule has 1 N–H and O–H groups in total. The Hall–Kier alpha value is -3.54. The molecule has 37 heavy (non-hydrogen) atoms. The van der Waals surface area contributed by atoms with Crippen LogP contribution in [0.3, 0.4) is 0 Å². The largest absolute Gasteiger partial charge is 0.417 e. The third-order valence-corrected chi connectivity index (χ3v) is 5.76. The summed E-state index contributed by atoms with van der Waals surface area (Å²) in [7, 11) is 0. The van der Waals surface area contributed by atoms with Gasteiger partial charge in [0.15, 0.2) is 0 Å². The lowest BCUT2D eigenvalue weighted by Crippen LogP contribution is -2.49. The fourth-order valence-corrected chi connectivity index (χ4v) is 3.70. The van der Waals surface area contributed by atoms with Gasteiger partial charge in [-0.2, -0.15) is 18.0 Å². The van der Waals surface area contributed by atoms with Crippen molar-refractivity contribution in [1.29, 1.82) is 0 Å². The van der Waals surface area contributed by atoms with Crippen LogP contribution in [0.4, 0.5) is 23.2 Å². The number of amides is 2. The molecule has 0 bridgehead atoms. The number of hydrogen-bond donors (Lipinski definition) is 1. The van der Waals surface area contributed by atoms with Gasteiger partial charge in [0, 0.05) is 12.2 Å². The summed E-state index contributed by atoms with van der Waals surface area (Å²) in [6.07, 6.45) is -4.11. The van der Waals surface area contributed by atoms with Crippen LogP contribution in [0.25, 0.3) is 11.4 Å². The smallest absolute Gasteiger partial charge is 0.354 e. The topological polar surface area (TPSA) is 93.0 Å². The molecule has 0 aliphatic carbocycles. The van der Waals surface area contributed by atoms with Crippen LogP contribution < -0.4 is 10.2 Å². The van der Waals surface area contributed by atoms with Crippen LogP contribution in [-0.4, -0.2) is 44.6 Å². The maximum atomic E-state index is 14.1. The Kier molecular flexibility index (Phi) is 8.85. The average molecular weight is 541 g/mol. The summed E-state index contributed by atoms with van der Waals surface area (Å²) in [5.74, 6) is -1.72. The molecule has 1 heterocycles. The van der Waals surface area contributed by atoms with Crippen molar-refractivity contribution in [1.82, 2.24) is 25.5 Å². The van der Waals surface area contributed by atoms with Crippen LogP contribution in [0.5, 0.6) is 0 Å². The molecule has 1 atom stereocenters. The highest BCUT2D eigenvalue weighted by molar-refractivity contribution is 6.31. The molecule has 3 aromatic rings. The van der Waals surface area contributed by atoms with E-state index in [1.54, 1.807) is 6.07 Å². The third-order valence-electron chi connectivity index (χ3n) is 5.43. The van der Waals surface area contributed by atoms with Crippen molar-refractivity contribution in [2.45, 2.75) is 46.0 Å². The first-order chi connectivity index (χ1) is 17.4. The monoisotopic (exact) mass is 540 g/mol. The molecule has 1 aromatic heterocycles. The molecule has 0 saturated heterocycles. The maximum Gasteiger partial charge on any atom is 0.417 e. The van der Waals surface area contributed by atoms with E-state index in [-0.39, 0.29) is 17.1 Å². The predicted molar refractivity (Wildman–Crippen MR) is 129 cm³/mol. The van der Waals surface area contributed by atoms with Gasteiger partial charge in [0.1, 0.15) is 18.4 Å². The number of halogens is 5. The lowest BCUT2D eigenvalue weighted by atomic mass is 10.1. The Morgan fingerprint density at radius 1 is 1.14 bits per heavy atom. The fourth-order valence-electron chi connectivity index (χ4n) is 3.47. The number of alkyl halides is 3. The SMILES string of the molecule is CC(C)CCNC(=O)[C@H](C)N(C(=O)Cn1nnc(-c2ccccc2F)n1)c1ccc(Cl)c(C(F)(F)F)c1. The first-order valence-electron chi connectivity index (χ1n) is 11.4. The van der Waals surface area contributed by atoms with Crippen LogP contribution >= 0.6 is 11.6 Å². The quantitative estimate of drug-likeness (QED) is 0.396. The molecule has 0 unspecified atom stereocenters. The number of aromatic nitrogens is 4. The number of anilines is 1. The molecule has 13 heteroatoms. The van der Waals surface area contributed by atoms with Crippen molar-refractivity contribution >= 4 is 29.1 Å². The molecule has 0 fully saturated rings. The van der Waals surface area contributed by atoms with Crippen molar-refractivity contribution in [3.8, 4) is 11.4 Å². The lowest BCUT2D eigenvalue weighted by molar-refractivity contribution is -0.137. The summed E-state index contributed by atoms with van der Waals surface area (Å²) in [4.78, 5) is 27.9. The second-order valence-corrected chi connectivity index (χ2v) is 9.11. The van der Waals surface area contributed by atoms with Gasteiger partial charge in [0.05, 0.1) is 16.1 Å². The number of benzene rings is 2. The minimum Gasteiger partial charge on any atom is -0.354 e. The lowest BCUT2D eigenvalue weighted by Gasteiger charge is -2.29. The van der Waals surface area contributed by atoms with Gasteiger partial charge in [-0.05, 0) is 54.8 Å². The first-order valence-corrected chi connectivity index (χ1v) is 11.8. The molecule has 0 radical (unpaired) electrons. The van der Waals surface area contributed by atoms with Crippen LogP contribution in [0, 0.1) is 11.7 Å². The Balaban J connectivity index is 1.92. The van der Waals surface area contributed by atoms with Crippen molar-refractivity contribution in [2.24, 2.45) is 5.92 Å². The Morgan fingerprint density at radius 3 is 2.49 bits per heavy atom. The first kappa shape index (κ1) is 28.0.